The van der Waals surface area contributed by atoms with Crippen LogP contribution in [-0.4, -0.2) is 51.8 Å². The molecule has 3 N–H and O–H groups in total. The number of nitrogens with zero attached hydrogens (tertiary/aromatic N) is 3. The number of carbonyl (C=O) groups is 2. The number of hydrogen-bond donors (Lipinski definition) is 3. The summed E-state index contributed by atoms with van der Waals surface area (Å²) < 4.78 is 5.75. The van der Waals surface area contributed by atoms with Gasteiger partial charge in [0.05, 0.1) is 46.6 Å². The minimum atomic E-state index is -0.799. The molecule has 0 spiro atoms. The normalized spacial score (nSPS) is 22.7. The van der Waals surface area contributed by atoms with E-state index in [4.69, 9.17) is 19.7 Å². The Labute approximate surface area is 357 Å². The van der Waals surface area contributed by atoms with Crippen molar-refractivity contribution in [2.45, 2.75) is 133 Å². The number of aliphatic hydroxyl groups excluding tert-OH is 2. The molecule has 1 saturated heterocycles. The lowest BCUT2D eigenvalue weighted by molar-refractivity contribution is -0.142. The topological polar surface area (TPSA) is 133 Å². The number of aliphatic imine (C=N–C) groups is 3. The second kappa shape index (κ2) is 19.1. The van der Waals surface area contributed by atoms with Gasteiger partial charge in [-0.2, -0.15) is 0 Å². The maximum atomic E-state index is 14.1. The third-order valence-electron chi connectivity index (χ3n) is 12.3. The molecule has 0 aromatic heterocycles. The van der Waals surface area contributed by atoms with Crippen molar-refractivity contribution in [1.29, 1.82) is 0 Å². The molecule has 6 aliphatic rings. The van der Waals surface area contributed by atoms with Crippen LogP contribution in [0.15, 0.2) is 142 Å². The predicted octanol–water partition coefficient (Wildman–Crippen LogP) is 11.0. The average molecular weight is 813 g/mol. The highest BCUT2D eigenvalue weighted by Crippen LogP contribution is 2.46. The minimum Gasteiger partial charge on any atom is -0.515 e. The highest BCUT2D eigenvalue weighted by Gasteiger charge is 2.44. The van der Waals surface area contributed by atoms with E-state index in [1.54, 1.807) is 6.92 Å². The second-order valence-corrected chi connectivity index (χ2v) is 17.7. The summed E-state index contributed by atoms with van der Waals surface area (Å²) in [5, 5.41) is 25.3. The van der Waals surface area contributed by atoms with Crippen LogP contribution in [0.3, 0.4) is 0 Å². The fourth-order valence-corrected chi connectivity index (χ4v) is 9.06. The van der Waals surface area contributed by atoms with Crippen molar-refractivity contribution < 1.29 is 24.5 Å². The number of rotatable bonds is 15. The molecule has 1 saturated carbocycles. The molecule has 6 rings (SSSR count). The summed E-state index contributed by atoms with van der Waals surface area (Å²) in [7, 11) is 0. The van der Waals surface area contributed by atoms with E-state index in [1.807, 2.05) is 38.2 Å². The van der Waals surface area contributed by atoms with Crippen molar-refractivity contribution >= 4 is 28.9 Å². The third-order valence-corrected chi connectivity index (χ3v) is 12.3. The average Bonchev–Trinajstić information content (AvgIpc) is 3.95. The number of ketones is 1. The van der Waals surface area contributed by atoms with Crippen molar-refractivity contribution in [3.63, 3.8) is 0 Å². The van der Waals surface area contributed by atoms with Crippen LogP contribution in [0.5, 0.6) is 0 Å². The highest BCUT2D eigenvalue weighted by atomic mass is 16.5. The standard InChI is InChI=1S/C51H64N4O5/c1-11-35-39(27-56)44-26-45-48(34(10)57)33(9)41(52-45)24-40-32(8)36(18-19-47(59)60-21-20-31(7)17-13-16-30(6)15-12-14-28(2)3)50(54-40)38-23-46(58)49-37(22-29(4)5)43(55-51(38)49)25-42(35)53-44/h14,16,20,24-27,29,32,34,36,54,56-57H,11-13,15,17-19,21-23H2,1-10H3/b30-16+,31-20+,39-27+,40-24?,43-25?,45-26?,50-38?/t32-,34+,36-/m0/s1. The van der Waals surface area contributed by atoms with E-state index in [9.17, 15) is 19.8 Å². The third kappa shape index (κ3) is 9.57. The van der Waals surface area contributed by atoms with Crippen molar-refractivity contribution in [2.24, 2.45) is 32.7 Å². The molecule has 2 fully saturated rings. The molecule has 8 bridgehead atoms. The first-order valence-electron chi connectivity index (χ1n) is 21.9. The summed E-state index contributed by atoms with van der Waals surface area (Å²) >= 11 is 0. The first kappa shape index (κ1) is 44.4. The number of ether oxygens (including phenoxy) is 1. The Hall–Kier alpha value is -5.15. The van der Waals surface area contributed by atoms with E-state index < -0.39 is 6.10 Å². The van der Waals surface area contributed by atoms with Crippen molar-refractivity contribution in [3.05, 3.63) is 127 Å². The van der Waals surface area contributed by atoms with Gasteiger partial charge in [-0.05, 0) is 133 Å². The van der Waals surface area contributed by atoms with Gasteiger partial charge in [-0.3, -0.25) is 9.59 Å². The number of Topliss-reactive ketones (excluding diaryl/α,β-unsaturated/α-hetero) is 1. The van der Waals surface area contributed by atoms with E-state index in [-0.39, 0.29) is 49.0 Å². The van der Waals surface area contributed by atoms with E-state index in [1.165, 1.54) is 16.7 Å². The Morgan fingerprint density at radius 2 is 1.65 bits per heavy atom. The summed E-state index contributed by atoms with van der Waals surface area (Å²) in [6, 6.07) is 0. The number of esters is 1. The number of allylic oxidation sites excluding steroid dienone is 16. The molecule has 0 radical (unpaired) electrons. The number of fused-ring (bicyclic) bond motifs is 5. The Bertz CT molecular complexity index is 2280. The van der Waals surface area contributed by atoms with Gasteiger partial charge in [0.2, 0.25) is 0 Å². The Morgan fingerprint density at radius 1 is 0.933 bits per heavy atom. The summed E-state index contributed by atoms with van der Waals surface area (Å²) in [5.41, 5.74) is 15.2. The Kier molecular flexibility index (Phi) is 14.1. The molecule has 1 aliphatic carbocycles. The molecule has 3 atom stereocenters. The van der Waals surface area contributed by atoms with E-state index in [2.05, 4.69) is 65.9 Å². The maximum Gasteiger partial charge on any atom is 0.306 e. The summed E-state index contributed by atoms with van der Waals surface area (Å²) in [6.07, 6.45) is 19.0. The van der Waals surface area contributed by atoms with Crippen LogP contribution < -0.4 is 5.32 Å². The van der Waals surface area contributed by atoms with Gasteiger partial charge >= 0.3 is 5.97 Å². The number of hydrogen-bond acceptors (Lipinski definition) is 9. The van der Waals surface area contributed by atoms with Crippen molar-refractivity contribution in [1.82, 2.24) is 5.32 Å². The summed E-state index contributed by atoms with van der Waals surface area (Å²) in [4.78, 5) is 42.7. The monoisotopic (exact) mass is 812 g/mol. The first-order chi connectivity index (χ1) is 28.6. The molecular weight excluding hydrogens is 749 g/mol. The first-order valence-corrected chi connectivity index (χ1v) is 21.9. The van der Waals surface area contributed by atoms with Gasteiger partial charge < -0.3 is 20.3 Å². The molecule has 9 nitrogen and oxygen atoms in total. The zero-order chi connectivity index (χ0) is 43.4. The molecule has 318 valence electrons. The lowest BCUT2D eigenvalue weighted by Gasteiger charge is -2.17. The molecule has 0 unspecified atom stereocenters. The zero-order valence-corrected chi connectivity index (χ0v) is 37.4. The van der Waals surface area contributed by atoms with Crippen LogP contribution in [0.2, 0.25) is 0 Å². The lowest BCUT2D eigenvalue weighted by Crippen LogP contribution is -2.15. The predicted molar refractivity (Wildman–Crippen MR) is 243 cm³/mol. The van der Waals surface area contributed by atoms with Gasteiger partial charge in [0, 0.05) is 58.4 Å². The van der Waals surface area contributed by atoms with Crippen LogP contribution in [0.4, 0.5) is 0 Å². The molecule has 60 heavy (non-hydrogen) atoms. The maximum absolute atomic E-state index is 14.1. The fourth-order valence-electron chi connectivity index (χ4n) is 9.06. The Morgan fingerprint density at radius 3 is 2.32 bits per heavy atom. The summed E-state index contributed by atoms with van der Waals surface area (Å²) in [6.45, 7) is 20.9. The van der Waals surface area contributed by atoms with Crippen molar-refractivity contribution in [3.8, 4) is 0 Å². The van der Waals surface area contributed by atoms with Crippen LogP contribution in [0.25, 0.3) is 0 Å². The van der Waals surface area contributed by atoms with Gasteiger partial charge in [-0.1, -0.05) is 56.6 Å². The summed E-state index contributed by atoms with van der Waals surface area (Å²) in [5.74, 6) is -0.0996. The smallest absolute Gasteiger partial charge is 0.306 e. The van der Waals surface area contributed by atoms with Crippen molar-refractivity contribution in [2.75, 3.05) is 6.61 Å². The quantitative estimate of drug-likeness (QED) is 0.0857. The largest absolute Gasteiger partial charge is 0.515 e. The minimum absolute atomic E-state index is 0.0438. The fraction of sp³-hybridized carbons (Fsp3) is 0.471. The van der Waals surface area contributed by atoms with Gasteiger partial charge in [0.1, 0.15) is 6.61 Å². The van der Waals surface area contributed by atoms with Crippen LogP contribution >= 0.6 is 0 Å². The lowest BCUT2D eigenvalue weighted by atomic mass is 9.86. The van der Waals surface area contributed by atoms with E-state index in [0.29, 0.717) is 70.2 Å². The number of nitrogens with one attached hydrogen (secondary N) is 1. The molecule has 5 aliphatic heterocycles. The number of carbonyl (C=O) groups excluding carboxylic acids is 2. The van der Waals surface area contributed by atoms with Gasteiger partial charge in [0.25, 0.3) is 0 Å². The second-order valence-electron chi connectivity index (χ2n) is 17.7. The van der Waals surface area contributed by atoms with Crippen LogP contribution in [0.1, 0.15) is 127 Å². The number of aliphatic hydroxyl groups is 2. The highest BCUT2D eigenvalue weighted by molar-refractivity contribution is 6.38. The SMILES string of the molecule is CCC1=C2C=C3N=C4C(=C5NC(=CC6=NC(=CC(=N2)/C1=C/O)C([C@@H](C)O)=C6C)[C@@H](C)[C@@H]5CCC(=O)OC/C=C(\C)CC/C=C(\C)CCC=C(C)C)CC(=O)C4=C3CC(C)C. The molecule has 0 aromatic carbocycles. The zero-order valence-electron chi connectivity index (χ0n) is 37.4. The molecule has 0 amide bonds. The molecular formula is C51H64N4O5. The van der Waals surface area contributed by atoms with Gasteiger partial charge in [-0.15, -0.1) is 0 Å². The molecule has 9 heteroatoms. The van der Waals surface area contributed by atoms with Crippen LogP contribution in [-0.2, 0) is 14.3 Å². The molecule has 5 heterocycles. The van der Waals surface area contributed by atoms with Gasteiger partial charge in [-0.25, -0.2) is 15.0 Å². The van der Waals surface area contributed by atoms with Gasteiger partial charge in [0.15, 0.2) is 5.78 Å². The van der Waals surface area contributed by atoms with Crippen LogP contribution in [0, 0.1) is 17.8 Å². The molecule has 0 aromatic rings. The Balaban J connectivity index is 1.33. The van der Waals surface area contributed by atoms with E-state index >= 15 is 0 Å². The van der Waals surface area contributed by atoms with E-state index in [0.717, 1.165) is 65.6 Å².